The molecule has 2 aromatic rings. The maximum Gasteiger partial charge on any atom is 0.170 e. The second kappa shape index (κ2) is 8.60. The number of ketones is 1. The minimum atomic E-state index is -0.302. The summed E-state index contributed by atoms with van der Waals surface area (Å²) < 4.78 is 0. The summed E-state index contributed by atoms with van der Waals surface area (Å²) in [4.78, 5) is 13.7. The average Bonchev–Trinajstić information content (AvgIpc) is 2.74. The smallest absolute Gasteiger partial charge is 0.170 e. The Morgan fingerprint density at radius 1 is 0.964 bits per heavy atom. The maximum absolute atomic E-state index is 13.7. The Morgan fingerprint density at radius 3 is 2.14 bits per heavy atom. The van der Waals surface area contributed by atoms with Gasteiger partial charge in [0.25, 0.3) is 0 Å². The summed E-state index contributed by atoms with van der Waals surface area (Å²) in [5, 5.41) is 10.9. The van der Waals surface area contributed by atoms with Crippen LogP contribution in [0.2, 0.25) is 0 Å². The number of Topliss-reactive ketones (excluding diaryl/α,β-unsaturated/α-hetero) is 1. The molecule has 0 saturated carbocycles. The van der Waals surface area contributed by atoms with Gasteiger partial charge in [0.05, 0.1) is 5.57 Å². The lowest BCUT2D eigenvalue weighted by atomic mass is 9.57. The van der Waals surface area contributed by atoms with Crippen LogP contribution in [0.25, 0.3) is 5.76 Å². The van der Waals surface area contributed by atoms with Crippen LogP contribution in [0.3, 0.4) is 0 Å². The Kier molecular flexibility index (Phi) is 6.18. The zero-order valence-corrected chi connectivity index (χ0v) is 17.1. The van der Waals surface area contributed by atoms with Crippen molar-refractivity contribution in [3.05, 3.63) is 89.0 Å². The van der Waals surface area contributed by atoms with Gasteiger partial charge in [-0.2, -0.15) is 0 Å². The van der Waals surface area contributed by atoms with Gasteiger partial charge in [-0.05, 0) is 31.4 Å². The third kappa shape index (κ3) is 3.44. The summed E-state index contributed by atoms with van der Waals surface area (Å²) in [6, 6.07) is 19.8. The van der Waals surface area contributed by atoms with E-state index in [1.165, 1.54) is 5.56 Å². The largest absolute Gasteiger partial charge is 0.507 e. The van der Waals surface area contributed by atoms with Crippen LogP contribution in [0.1, 0.15) is 57.6 Å². The molecule has 0 bridgehead atoms. The third-order valence-electron chi connectivity index (χ3n) is 6.05. The number of carbonyl (C=O) groups is 1. The van der Waals surface area contributed by atoms with Gasteiger partial charge in [0.15, 0.2) is 5.78 Å². The molecule has 0 heterocycles. The highest BCUT2D eigenvalue weighted by Crippen LogP contribution is 2.50. The van der Waals surface area contributed by atoms with Crippen LogP contribution < -0.4 is 0 Å². The van der Waals surface area contributed by atoms with Crippen LogP contribution in [-0.4, -0.2) is 10.9 Å². The Bertz CT molecular complexity index is 877. The molecule has 146 valence electrons. The predicted molar refractivity (Wildman–Crippen MR) is 116 cm³/mol. The van der Waals surface area contributed by atoms with Crippen molar-refractivity contribution >= 4 is 11.5 Å². The van der Waals surface area contributed by atoms with Gasteiger partial charge in [-0.3, -0.25) is 4.79 Å². The highest BCUT2D eigenvalue weighted by atomic mass is 16.3. The first-order valence-electron chi connectivity index (χ1n) is 10.3. The molecule has 0 radical (unpaired) electrons. The van der Waals surface area contributed by atoms with E-state index >= 15 is 0 Å². The quantitative estimate of drug-likeness (QED) is 0.454. The molecule has 1 aliphatic rings. The summed E-state index contributed by atoms with van der Waals surface area (Å²) in [6.07, 6.45) is 5.59. The molecule has 0 amide bonds. The van der Waals surface area contributed by atoms with Crippen molar-refractivity contribution in [2.75, 3.05) is 0 Å². The monoisotopic (exact) mass is 374 g/mol. The molecule has 0 fully saturated rings. The standard InChI is InChI=1S/C26H30O2/c1-4-12-23-25(28)22(24(27)20-13-8-6-9-14-20)18-19(3)26(23,17-5-2)21-15-10-7-11-16-21/h6-11,13-16,18,23,27H,4-5,12,17H2,1-3H3. The zero-order valence-electron chi connectivity index (χ0n) is 17.1. The van der Waals surface area contributed by atoms with E-state index < -0.39 is 0 Å². The molecule has 0 aliphatic heterocycles. The molecule has 3 rings (SSSR count). The lowest BCUT2D eigenvalue weighted by molar-refractivity contribution is -0.121. The van der Waals surface area contributed by atoms with E-state index in [9.17, 15) is 9.90 Å². The highest BCUT2D eigenvalue weighted by molar-refractivity contribution is 6.07. The van der Waals surface area contributed by atoms with Crippen molar-refractivity contribution in [3.8, 4) is 0 Å². The van der Waals surface area contributed by atoms with Gasteiger partial charge in [-0.1, -0.05) is 92.9 Å². The van der Waals surface area contributed by atoms with E-state index in [-0.39, 0.29) is 22.9 Å². The van der Waals surface area contributed by atoms with E-state index in [4.69, 9.17) is 0 Å². The summed E-state index contributed by atoms with van der Waals surface area (Å²) in [7, 11) is 0. The predicted octanol–water partition coefficient (Wildman–Crippen LogP) is 6.64. The van der Waals surface area contributed by atoms with E-state index in [1.54, 1.807) is 0 Å². The molecule has 1 aliphatic carbocycles. The van der Waals surface area contributed by atoms with Crippen LogP contribution in [-0.2, 0) is 10.2 Å². The van der Waals surface area contributed by atoms with Gasteiger partial charge in [-0.25, -0.2) is 0 Å². The van der Waals surface area contributed by atoms with Crippen molar-refractivity contribution in [2.24, 2.45) is 5.92 Å². The molecule has 2 aromatic carbocycles. The second-order valence-electron chi connectivity index (χ2n) is 7.75. The number of carbonyl (C=O) groups excluding carboxylic acids is 1. The first kappa shape index (κ1) is 20.1. The summed E-state index contributed by atoms with van der Waals surface area (Å²) in [5.41, 5.74) is 3.20. The molecule has 1 N–H and O–H groups in total. The molecule has 28 heavy (non-hydrogen) atoms. The lowest BCUT2D eigenvalue weighted by Gasteiger charge is -2.45. The molecule has 2 heteroatoms. The molecule has 0 aromatic heterocycles. The fraction of sp³-hybridized carbons (Fsp3) is 0.346. The van der Waals surface area contributed by atoms with Crippen LogP contribution >= 0.6 is 0 Å². The molecule has 2 nitrogen and oxygen atoms in total. The van der Waals surface area contributed by atoms with Crippen molar-refractivity contribution in [1.82, 2.24) is 0 Å². The van der Waals surface area contributed by atoms with Gasteiger partial charge in [-0.15, -0.1) is 0 Å². The Hall–Kier alpha value is -2.61. The van der Waals surface area contributed by atoms with E-state index in [0.29, 0.717) is 11.1 Å². The normalized spacial score (nSPS) is 24.0. The number of hydrogen-bond acceptors (Lipinski definition) is 2. The molecular weight excluding hydrogens is 344 g/mol. The van der Waals surface area contributed by atoms with Crippen LogP contribution in [0.15, 0.2) is 77.9 Å². The highest BCUT2D eigenvalue weighted by Gasteiger charge is 2.48. The summed E-state index contributed by atoms with van der Waals surface area (Å²) in [5.74, 6) is -0.0129. The number of aliphatic hydroxyl groups is 1. The van der Waals surface area contributed by atoms with Crippen molar-refractivity contribution in [2.45, 2.75) is 51.9 Å². The fourth-order valence-corrected chi connectivity index (χ4v) is 4.78. The second-order valence-corrected chi connectivity index (χ2v) is 7.75. The minimum absolute atomic E-state index is 0.0612. The fourth-order valence-electron chi connectivity index (χ4n) is 4.78. The topological polar surface area (TPSA) is 37.3 Å². The Balaban J connectivity index is 2.24. The molecular formula is C26H30O2. The minimum Gasteiger partial charge on any atom is -0.507 e. The number of hydrogen-bond donors (Lipinski definition) is 1. The van der Waals surface area contributed by atoms with Gasteiger partial charge >= 0.3 is 0 Å². The molecule has 0 saturated heterocycles. The maximum atomic E-state index is 13.7. The first-order chi connectivity index (χ1) is 13.6. The molecule has 0 spiro atoms. The SMILES string of the molecule is CCCC1C(=O)C(=C(O)c2ccccc2)C=C(C)C1(CCC)c1ccccc1. The van der Waals surface area contributed by atoms with Crippen molar-refractivity contribution in [3.63, 3.8) is 0 Å². The van der Waals surface area contributed by atoms with Gasteiger partial charge in [0, 0.05) is 16.9 Å². The third-order valence-corrected chi connectivity index (χ3v) is 6.05. The Morgan fingerprint density at radius 2 is 1.57 bits per heavy atom. The number of rotatable bonds is 6. The van der Waals surface area contributed by atoms with Crippen molar-refractivity contribution in [1.29, 1.82) is 0 Å². The van der Waals surface area contributed by atoms with Crippen LogP contribution in [0.5, 0.6) is 0 Å². The van der Waals surface area contributed by atoms with E-state index in [1.807, 2.05) is 42.5 Å². The Labute approximate surface area is 168 Å². The summed E-state index contributed by atoms with van der Waals surface area (Å²) in [6.45, 7) is 6.43. The van der Waals surface area contributed by atoms with Crippen molar-refractivity contribution < 1.29 is 9.90 Å². The number of allylic oxidation sites excluding steroid dienone is 3. The van der Waals surface area contributed by atoms with Crippen LogP contribution in [0, 0.1) is 5.92 Å². The van der Waals surface area contributed by atoms with Gasteiger partial charge in [0.1, 0.15) is 5.76 Å². The molecule has 2 atom stereocenters. The van der Waals surface area contributed by atoms with Gasteiger partial charge in [0.2, 0.25) is 0 Å². The van der Waals surface area contributed by atoms with Crippen LogP contribution in [0.4, 0.5) is 0 Å². The van der Waals surface area contributed by atoms with E-state index in [2.05, 4.69) is 45.0 Å². The lowest BCUT2D eigenvalue weighted by Crippen LogP contribution is -2.44. The number of aliphatic hydroxyl groups excluding tert-OH is 1. The van der Waals surface area contributed by atoms with E-state index in [0.717, 1.165) is 31.3 Å². The first-order valence-corrected chi connectivity index (χ1v) is 10.3. The molecule has 2 unspecified atom stereocenters. The summed E-state index contributed by atoms with van der Waals surface area (Å²) >= 11 is 0. The average molecular weight is 375 g/mol. The zero-order chi connectivity index (χ0) is 20.1. The number of benzene rings is 2. The van der Waals surface area contributed by atoms with Gasteiger partial charge < -0.3 is 5.11 Å².